The number of aliphatic hydroxyl groups is 1. The molecular weight excluding hydrogens is 144 g/mol. The van der Waals surface area contributed by atoms with Gasteiger partial charge in [0.05, 0.1) is 0 Å². The Labute approximate surface area is 66.4 Å². The highest BCUT2D eigenvalue weighted by atomic mass is 16.7. The molecule has 3 heteroatoms. The van der Waals surface area contributed by atoms with Crippen molar-refractivity contribution in [3.05, 3.63) is 0 Å². The highest BCUT2D eigenvalue weighted by Gasteiger charge is 2.31. The highest BCUT2D eigenvalue weighted by Crippen LogP contribution is 2.28. The van der Waals surface area contributed by atoms with E-state index in [0.29, 0.717) is 12.8 Å². The average Bonchev–Trinajstić information content (AvgIpc) is 1.85. The Hall–Kier alpha value is -0.570. The van der Waals surface area contributed by atoms with Crippen LogP contribution in [0.3, 0.4) is 0 Å². The van der Waals surface area contributed by atoms with Crippen LogP contribution in [0.5, 0.6) is 0 Å². The van der Waals surface area contributed by atoms with Crippen molar-refractivity contribution in [2.45, 2.75) is 44.8 Å². The second-order valence-electron chi connectivity index (χ2n) is 3.10. The van der Waals surface area contributed by atoms with Gasteiger partial charge in [0, 0.05) is 19.8 Å². The fourth-order valence-electron chi connectivity index (χ4n) is 1.47. The van der Waals surface area contributed by atoms with Gasteiger partial charge in [0.25, 0.3) is 0 Å². The van der Waals surface area contributed by atoms with E-state index in [-0.39, 0.29) is 0 Å². The minimum Gasteiger partial charge on any atom is -0.433 e. The van der Waals surface area contributed by atoms with Gasteiger partial charge in [-0.25, -0.2) is 0 Å². The first kappa shape index (κ1) is 8.53. The fourth-order valence-corrected chi connectivity index (χ4v) is 1.47. The second kappa shape index (κ2) is 3.22. The molecule has 0 aliphatic heterocycles. The largest absolute Gasteiger partial charge is 0.433 e. The number of carbonyl (C=O) groups excluding carboxylic acids is 1. The van der Waals surface area contributed by atoms with Gasteiger partial charge in [0.2, 0.25) is 5.79 Å². The number of esters is 1. The summed E-state index contributed by atoms with van der Waals surface area (Å²) in [6.45, 7) is 1.33. The zero-order valence-corrected chi connectivity index (χ0v) is 6.80. The smallest absolute Gasteiger partial charge is 0.305 e. The first-order valence-corrected chi connectivity index (χ1v) is 4.04. The number of carbonyl (C=O) groups is 1. The molecule has 3 nitrogen and oxygen atoms in total. The van der Waals surface area contributed by atoms with E-state index < -0.39 is 11.8 Å². The third-order valence-corrected chi connectivity index (χ3v) is 1.97. The highest BCUT2D eigenvalue weighted by molar-refractivity contribution is 5.66. The van der Waals surface area contributed by atoms with E-state index in [4.69, 9.17) is 4.74 Å². The van der Waals surface area contributed by atoms with Gasteiger partial charge in [-0.1, -0.05) is 6.42 Å². The molecule has 0 bridgehead atoms. The van der Waals surface area contributed by atoms with Gasteiger partial charge in [-0.2, -0.15) is 0 Å². The minimum atomic E-state index is -1.15. The maximum Gasteiger partial charge on any atom is 0.305 e. The number of hydrogen-bond donors (Lipinski definition) is 1. The molecule has 0 atom stereocenters. The molecule has 0 amide bonds. The van der Waals surface area contributed by atoms with Crippen LogP contribution in [0, 0.1) is 0 Å². The monoisotopic (exact) mass is 158 g/mol. The van der Waals surface area contributed by atoms with E-state index in [1.807, 2.05) is 0 Å². The van der Waals surface area contributed by atoms with Gasteiger partial charge in [0.15, 0.2) is 0 Å². The summed E-state index contributed by atoms with van der Waals surface area (Å²) >= 11 is 0. The van der Waals surface area contributed by atoms with Crippen LogP contribution in [0.1, 0.15) is 39.0 Å². The van der Waals surface area contributed by atoms with Crippen LogP contribution in [-0.2, 0) is 9.53 Å². The van der Waals surface area contributed by atoms with E-state index in [2.05, 4.69) is 0 Å². The van der Waals surface area contributed by atoms with E-state index in [9.17, 15) is 9.90 Å². The predicted octanol–water partition coefficient (Wildman–Crippen LogP) is 1.20. The van der Waals surface area contributed by atoms with Crippen LogP contribution in [0.15, 0.2) is 0 Å². The van der Waals surface area contributed by atoms with Crippen molar-refractivity contribution in [3.8, 4) is 0 Å². The van der Waals surface area contributed by atoms with Crippen molar-refractivity contribution in [2.75, 3.05) is 0 Å². The SMILES string of the molecule is CC(=O)OC1(O)CCCCC1. The summed E-state index contributed by atoms with van der Waals surface area (Å²) in [5.41, 5.74) is 0. The Morgan fingerprint density at radius 1 is 1.36 bits per heavy atom. The topological polar surface area (TPSA) is 46.5 Å². The fraction of sp³-hybridized carbons (Fsp3) is 0.875. The normalized spacial score (nSPS) is 22.7. The molecule has 0 radical (unpaired) electrons. The van der Waals surface area contributed by atoms with Gasteiger partial charge >= 0.3 is 5.97 Å². The number of ether oxygens (including phenoxy) is 1. The van der Waals surface area contributed by atoms with E-state index in [1.54, 1.807) is 0 Å². The molecule has 1 fully saturated rings. The lowest BCUT2D eigenvalue weighted by Crippen LogP contribution is -2.36. The maximum absolute atomic E-state index is 10.5. The molecule has 0 unspecified atom stereocenters. The Kier molecular flexibility index (Phi) is 2.49. The van der Waals surface area contributed by atoms with Crippen LogP contribution in [-0.4, -0.2) is 16.9 Å². The molecule has 1 N–H and O–H groups in total. The van der Waals surface area contributed by atoms with Crippen molar-refractivity contribution < 1.29 is 14.6 Å². The molecule has 1 saturated carbocycles. The molecule has 0 aromatic rings. The van der Waals surface area contributed by atoms with Gasteiger partial charge < -0.3 is 9.84 Å². The maximum atomic E-state index is 10.5. The van der Waals surface area contributed by atoms with Crippen LogP contribution >= 0.6 is 0 Å². The molecule has 0 aromatic carbocycles. The summed E-state index contributed by atoms with van der Waals surface area (Å²) in [7, 11) is 0. The number of rotatable bonds is 1. The zero-order valence-electron chi connectivity index (χ0n) is 6.80. The van der Waals surface area contributed by atoms with Gasteiger partial charge in [-0.3, -0.25) is 4.79 Å². The zero-order chi connectivity index (χ0) is 8.32. The minimum absolute atomic E-state index is 0.394. The summed E-state index contributed by atoms with van der Waals surface area (Å²) in [6, 6.07) is 0. The second-order valence-corrected chi connectivity index (χ2v) is 3.10. The standard InChI is InChI=1S/C8H14O3/c1-7(9)11-8(10)5-3-2-4-6-8/h10H,2-6H2,1H3. The first-order chi connectivity index (χ1) is 5.12. The molecule has 1 aliphatic rings. The summed E-state index contributed by atoms with van der Waals surface area (Å²) in [5, 5.41) is 9.60. The Balaban J connectivity index is 2.43. The van der Waals surface area contributed by atoms with Gasteiger partial charge in [0.1, 0.15) is 0 Å². The molecule has 11 heavy (non-hydrogen) atoms. The van der Waals surface area contributed by atoms with E-state index >= 15 is 0 Å². The summed E-state index contributed by atoms with van der Waals surface area (Å²) in [4.78, 5) is 10.5. The van der Waals surface area contributed by atoms with Gasteiger partial charge in [-0.05, 0) is 12.8 Å². The third-order valence-electron chi connectivity index (χ3n) is 1.97. The summed E-state index contributed by atoms with van der Waals surface area (Å²) in [6.07, 6.45) is 4.20. The van der Waals surface area contributed by atoms with Crippen molar-refractivity contribution in [3.63, 3.8) is 0 Å². The number of hydrogen-bond acceptors (Lipinski definition) is 3. The van der Waals surface area contributed by atoms with Crippen molar-refractivity contribution in [1.82, 2.24) is 0 Å². The summed E-state index contributed by atoms with van der Waals surface area (Å²) in [5.74, 6) is -1.54. The molecule has 0 aromatic heterocycles. The molecule has 64 valence electrons. The Bertz CT molecular complexity index is 147. The first-order valence-electron chi connectivity index (χ1n) is 4.04. The lowest BCUT2D eigenvalue weighted by Gasteiger charge is -2.30. The van der Waals surface area contributed by atoms with Crippen LogP contribution in [0.25, 0.3) is 0 Å². The average molecular weight is 158 g/mol. The van der Waals surface area contributed by atoms with Crippen LogP contribution in [0.2, 0.25) is 0 Å². The molecule has 0 heterocycles. The van der Waals surface area contributed by atoms with Crippen molar-refractivity contribution >= 4 is 5.97 Å². The lowest BCUT2D eigenvalue weighted by molar-refractivity contribution is -0.218. The lowest BCUT2D eigenvalue weighted by atomic mass is 9.94. The quantitative estimate of drug-likeness (QED) is 0.460. The summed E-state index contributed by atoms with van der Waals surface area (Å²) < 4.78 is 4.80. The molecule has 1 aliphatic carbocycles. The molecule has 0 saturated heterocycles. The molecule has 0 spiro atoms. The predicted molar refractivity (Wildman–Crippen MR) is 39.8 cm³/mol. The molecule has 1 rings (SSSR count). The Morgan fingerprint density at radius 2 is 1.91 bits per heavy atom. The third kappa shape index (κ3) is 2.50. The van der Waals surface area contributed by atoms with Crippen molar-refractivity contribution in [2.24, 2.45) is 0 Å². The van der Waals surface area contributed by atoms with Gasteiger partial charge in [-0.15, -0.1) is 0 Å². The van der Waals surface area contributed by atoms with E-state index in [1.165, 1.54) is 6.92 Å². The van der Waals surface area contributed by atoms with Crippen molar-refractivity contribution in [1.29, 1.82) is 0 Å². The van der Waals surface area contributed by atoms with Crippen LogP contribution in [0.4, 0.5) is 0 Å². The molecular formula is C8H14O3. The van der Waals surface area contributed by atoms with E-state index in [0.717, 1.165) is 19.3 Å². The Morgan fingerprint density at radius 3 is 2.36 bits per heavy atom. The van der Waals surface area contributed by atoms with Crippen LogP contribution < -0.4 is 0 Å².